The molecule has 0 unspecified atom stereocenters. The van der Waals surface area contributed by atoms with Gasteiger partial charge in [-0.3, -0.25) is 14.8 Å². The van der Waals surface area contributed by atoms with E-state index < -0.39 is 5.54 Å². The van der Waals surface area contributed by atoms with Gasteiger partial charge in [0.25, 0.3) is 5.91 Å². The largest absolute Gasteiger partial charge is 0.317 e. The van der Waals surface area contributed by atoms with Gasteiger partial charge < -0.3 is 5.32 Å². The highest BCUT2D eigenvalue weighted by Crippen LogP contribution is 2.31. The lowest BCUT2D eigenvalue weighted by Crippen LogP contribution is -2.52. The summed E-state index contributed by atoms with van der Waals surface area (Å²) in [5.74, 6) is -0.114. The summed E-state index contributed by atoms with van der Waals surface area (Å²) < 4.78 is 1.75. The predicted octanol–water partition coefficient (Wildman–Crippen LogP) is 3.19. The molecule has 4 rings (SSSR count). The smallest absolute Gasteiger partial charge is 0.254 e. The molecule has 142 valence electrons. The van der Waals surface area contributed by atoms with Crippen LogP contribution in [0.25, 0.3) is 10.6 Å². The number of carbonyl (C=O) groups excluding carboxylic acids is 1. The molecule has 1 fully saturated rings. The molecule has 3 heterocycles. The fourth-order valence-corrected chi connectivity index (χ4v) is 4.07. The van der Waals surface area contributed by atoms with Crippen LogP contribution in [-0.4, -0.2) is 39.0 Å². The minimum Gasteiger partial charge on any atom is -0.317 e. The number of amides is 1. The van der Waals surface area contributed by atoms with Crippen molar-refractivity contribution in [3.05, 3.63) is 47.7 Å². The van der Waals surface area contributed by atoms with Gasteiger partial charge in [-0.05, 0) is 44.1 Å². The summed E-state index contributed by atoms with van der Waals surface area (Å²) in [6.07, 6.45) is 4.86. The van der Waals surface area contributed by atoms with Crippen molar-refractivity contribution >= 4 is 46.4 Å². The Bertz CT molecular complexity index is 908. The summed E-state index contributed by atoms with van der Waals surface area (Å²) >= 11 is 7.36. The number of aromatic nitrogens is 4. The lowest BCUT2D eigenvalue weighted by molar-refractivity contribution is -0.126. The first-order valence-electron chi connectivity index (χ1n) is 8.29. The second-order valence-corrected chi connectivity index (χ2v) is 7.52. The quantitative estimate of drug-likeness (QED) is 0.671. The highest BCUT2D eigenvalue weighted by atomic mass is 35.5. The Labute approximate surface area is 171 Å². The zero-order chi connectivity index (χ0) is 18.0. The molecule has 1 aromatic carbocycles. The second-order valence-electron chi connectivity index (χ2n) is 6.11. The van der Waals surface area contributed by atoms with Crippen molar-refractivity contribution in [2.75, 3.05) is 18.4 Å². The number of anilines is 1. The van der Waals surface area contributed by atoms with Gasteiger partial charge in [-0.1, -0.05) is 35.1 Å². The number of nitrogens with one attached hydrogen (secondary N) is 2. The molecule has 2 aromatic heterocycles. The Morgan fingerprint density at radius 1 is 1.26 bits per heavy atom. The number of halogens is 2. The van der Waals surface area contributed by atoms with Gasteiger partial charge in [0.1, 0.15) is 10.5 Å². The van der Waals surface area contributed by atoms with Gasteiger partial charge >= 0.3 is 0 Å². The molecule has 27 heavy (non-hydrogen) atoms. The van der Waals surface area contributed by atoms with E-state index >= 15 is 0 Å². The highest BCUT2D eigenvalue weighted by molar-refractivity contribution is 7.18. The standard InChI is InChI=1S/C17H17ClN6OS.ClH/c18-13-4-1-3-12(11-13)14-22-23-16(26-14)21-15(25)17(5-8-19-9-6-17)24-10-2-7-20-24;/h1-4,7,10-11,19H,5-6,8-9H2,(H,21,23,25);1H. The van der Waals surface area contributed by atoms with Crippen molar-refractivity contribution < 1.29 is 4.79 Å². The molecular formula is C17H18Cl2N6OS. The van der Waals surface area contributed by atoms with E-state index in [-0.39, 0.29) is 18.3 Å². The molecule has 1 saturated heterocycles. The van der Waals surface area contributed by atoms with Gasteiger partial charge in [-0.25, -0.2) is 0 Å². The summed E-state index contributed by atoms with van der Waals surface area (Å²) in [5.41, 5.74) is 0.163. The van der Waals surface area contributed by atoms with Crippen LogP contribution >= 0.6 is 35.3 Å². The Kier molecular flexibility index (Phi) is 6.11. The van der Waals surface area contributed by atoms with E-state index in [0.717, 1.165) is 18.7 Å². The van der Waals surface area contributed by atoms with Crippen LogP contribution < -0.4 is 10.6 Å². The number of piperidine rings is 1. The summed E-state index contributed by atoms with van der Waals surface area (Å²) in [4.78, 5) is 13.1. The molecular weight excluding hydrogens is 407 g/mol. The first kappa shape index (κ1) is 19.8. The number of nitrogens with zero attached hydrogens (tertiary/aromatic N) is 4. The van der Waals surface area contributed by atoms with E-state index in [1.54, 1.807) is 16.9 Å². The Morgan fingerprint density at radius 2 is 2.07 bits per heavy atom. The molecule has 0 saturated carbocycles. The van der Waals surface area contributed by atoms with E-state index in [1.165, 1.54) is 11.3 Å². The van der Waals surface area contributed by atoms with Crippen LogP contribution in [0.4, 0.5) is 5.13 Å². The molecule has 0 spiro atoms. The molecule has 0 atom stereocenters. The molecule has 3 aromatic rings. The van der Waals surface area contributed by atoms with Crippen molar-refractivity contribution in [1.29, 1.82) is 0 Å². The zero-order valence-corrected chi connectivity index (χ0v) is 16.7. The normalized spacial score (nSPS) is 15.7. The maximum absolute atomic E-state index is 13.1. The Balaban J connectivity index is 0.00000210. The summed E-state index contributed by atoms with van der Waals surface area (Å²) in [7, 11) is 0. The SMILES string of the molecule is Cl.O=C(Nc1nnc(-c2cccc(Cl)c2)s1)C1(n2cccn2)CCNCC1. The number of carbonyl (C=O) groups is 1. The minimum absolute atomic E-state index is 0. The fourth-order valence-electron chi connectivity index (χ4n) is 3.15. The van der Waals surface area contributed by atoms with Gasteiger partial charge in [-0.2, -0.15) is 5.10 Å². The van der Waals surface area contributed by atoms with E-state index in [9.17, 15) is 4.79 Å². The number of hydrogen-bond donors (Lipinski definition) is 2. The summed E-state index contributed by atoms with van der Waals surface area (Å²) in [6, 6.07) is 9.24. The molecule has 0 radical (unpaired) electrons. The number of hydrogen-bond acceptors (Lipinski definition) is 6. The van der Waals surface area contributed by atoms with Crippen LogP contribution in [-0.2, 0) is 10.3 Å². The minimum atomic E-state index is -0.712. The van der Waals surface area contributed by atoms with Gasteiger partial charge in [0.2, 0.25) is 5.13 Å². The van der Waals surface area contributed by atoms with E-state index in [4.69, 9.17) is 11.6 Å². The molecule has 0 aliphatic carbocycles. The fraction of sp³-hybridized carbons (Fsp3) is 0.294. The first-order valence-corrected chi connectivity index (χ1v) is 9.49. The Hall–Kier alpha value is -2.00. The topological polar surface area (TPSA) is 84.7 Å². The summed E-state index contributed by atoms with van der Waals surface area (Å²) in [5, 5.41) is 20.6. The van der Waals surface area contributed by atoms with Gasteiger partial charge in [0.05, 0.1) is 0 Å². The van der Waals surface area contributed by atoms with Crippen LogP contribution in [0.1, 0.15) is 12.8 Å². The van der Waals surface area contributed by atoms with E-state index in [2.05, 4.69) is 25.9 Å². The second kappa shape index (κ2) is 8.35. The average Bonchev–Trinajstić information content (AvgIpc) is 3.34. The number of benzene rings is 1. The molecule has 2 N–H and O–H groups in total. The predicted molar refractivity (Wildman–Crippen MR) is 109 cm³/mol. The average molecular weight is 425 g/mol. The van der Waals surface area contributed by atoms with E-state index in [1.807, 2.05) is 30.5 Å². The van der Waals surface area contributed by atoms with Crippen LogP contribution in [0, 0.1) is 0 Å². The van der Waals surface area contributed by atoms with Crippen molar-refractivity contribution in [2.45, 2.75) is 18.4 Å². The number of rotatable bonds is 4. The molecule has 1 amide bonds. The maximum atomic E-state index is 13.1. The van der Waals surface area contributed by atoms with E-state index in [0.29, 0.717) is 28.0 Å². The lowest BCUT2D eigenvalue weighted by Gasteiger charge is -2.36. The zero-order valence-electron chi connectivity index (χ0n) is 14.3. The highest BCUT2D eigenvalue weighted by Gasteiger charge is 2.42. The van der Waals surface area contributed by atoms with Crippen LogP contribution in [0.15, 0.2) is 42.7 Å². The van der Waals surface area contributed by atoms with Gasteiger partial charge in [0, 0.05) is 23.0 Å². The molecule has 10 heteroatoms. The molecule has 1 aliphatic rings. The van der Waals surface area contributed by atoms with Crippen LogP contribution in [0.3, 0.4) is 0 Å². The van der Waals surface area contributed by atoms with Gasteiger partial charge in [0.15, 0.2) is 0 Å². The Morgan fingerprint density at radius 3 is 2.78 bits per heavy atom. The van der Waals surface area contributed by atoms with Crippen molar-refractivity contribution in [3.8, 4) is 10.6 Å². The third kappa shape index (κ3) is 3.98. The van der Waals surface area contributed by atoms with Crippen molar-refractivity contribution in [2.24, 2.45) is 0 Å². The van der Waals surface area contributed by atoms with Crippen molar-refractivity contribution in [1.82, 2.24) is 25.3 Å². The molecule has 0 bridgehead atoms. The first-order chi connectivity index (χ1) is 12.7. The molecule has 7 nitrogen and oxygen atoms in total. The van der Waals surface area contributed by atoms with Crippen molar-refractivity contribution in [3.63, 3.8) is 0 Å². The molecule has 1 aliphatic heterocycles. The van der Waals surface area contributed by atoms with Crippen LogP contribution in [0.5, 0.6) is 0 Å². The van der Waals surface area contributed by atoms with Gasteiger partial charge in [-0.15, -0.1) is 22.6 Å². The maximum Gasteiger partial charge on any atom is 0.254 e. The lowest BCUT2D eigenvalue weighted by atomic mass is 9.87. The third-order valence-corrected chi connectivity index (χ3v) is 5.64. The van der Waals surface area contributed by atoms with Crippen LogP contribution in [0.2, 0.25) is 5.02 Å². The summed E-state index contributed by atoms with van der Waals surface area (Å²) in [6.45, 7) is 1.52. The third-order valence-electron chi connectivity index (χ3n) is 4.51. The monoisotopic (exact) mass is 424 g/mol.